The van der Waals surface area contributed by atoms with E-state index in [1.54, 1.807) is 13.1 Å². The predicted octanol–water partition coefficient (Wildman–Crippen LogP) is 4.41. The molecule has 3 heterocycles. The second-order valence-electron chi connectivity index (χ2n) is 8.61. The summed E-state index contributed by atoms with van der Waals surface area (Å²) in [5, 5.41) is 22.2. The quantitative estimate of drug-likeness (QED) is 0.205. The Labute approximate surface area is 214 Å². The molecule has 4 aromatic rings. The van der Waals surface area contributed by atoms with Crippen molar-refractivity contribution in [2.45, 2.75) is 18.8 Å². The van der Waals surface area contributed by atoms with Gasteiger partial charge in [-0.3, -0.25) is 19.7 Å². The highest BCUT2D eigenvalue weighted by Crippen LogP contribution is 2.39. The average molecular weight is 549 g/mol. The van der Waals surface area contributed by atoms with Gasteiger partial charge in [0.1, 0.15) is 5.52 Å². The molecule has 1 aliphatic rings. The molecule has 0 saturated carbocycles. The van der Waals surface area contributed by atoms with E-state index >= 15 is 0 Å². The number of esters is 1. The topological polar surface area (TPSA) is 133 Å². The Bertz CT molecular complexity index is 1540. The van der Waals surface area contributed by atoms with Crippen LogP contribution in [0.15, 0.2) is 53.1 Å². The summed E-state index contributed by atoms with van der Waals surface area (Å²) in [5.41, 5.74) is 3.11. The molecule has 1 saturated heterocycles. The number of nitrogens with zero attached hydrogens (tertiary/aromatic N) is 5. The second-order valence-corrected chi connectivity index (χ2v) is 9.52. The third-order valence-electron chi connectivity index (χ3n) is 6.40. The van der Waals surface area contributed by atoms with Gasteiger partial charge in [0.25, 0.3) is 0 Å². The van der Waals surface area contributed by atoms with Gasteiger partial charge >= 0.3 is 12.1 Å². The number of carboxylic acid groups (broad SMARTS) is 1. The summed E-state index contributed by atoms with van der Waals surface area (Å²) in [6.07, 6.45) is 2.68. The molecular weight excluding hydrogens is 528 g/mol. The molecule has 0 atom stereocenters. The van der Waals surface area contributed by atoms with Crippen LogP contribution in [0.25, 0.3) is 27.6 Å². The van der Waals surface area contributed by atoms with E-state index in [0.717, 1.165) is 32.1 Å². The van der Waals surface area contributed by atoms with Crippen molar-refractivity contribution < 1.29 is 19.4 Å². The largest absolute Gasteiger partial charge is 0.466 e. The molecule has 1 fully saturated rings. The zero-order chi connectivity index (χ0) is 25.4. The van der Waals surface area contributed by atoms with Crippen molar-refractivity contribution in [3.63, 3.8) is 0 Å². The van der Waals surface area contributed by atoms with Gasteiger partial charge in [0.15, 0.2) is 6.19 Å². The van der Waals surface area contributed by atoms with Crippen molar-refractivity contribution in [2.24, 2.45) is 0 Å². The van der Waals surface area contributed by atoms with Crippen LogP contribution in [0.2, 0.25) is 0 Å². The van der Waals surface area contributed by atoms with Gasteiger partial charge in [-0.05, 0) is 42.8 Å². The van der Waals surface area contributed by atoms with Crippen LogP contribution >= 0.6 is 15.9 Å². The molecule has 2 aromatic carbocycles. The molecule has 36 heavy (non-hydrogen) atoms. The zero-order valence-corrected chi connectivity index (χ0v) is 20.8. The zero-order valence-electron chi connectivity index (χ0n) is 19.2. The van der Waals surface area contributed by atoms with Crippen LogP contribution in [0.4, 0.5) is 10.7 Å². The Morgan fingerprint density at radius 1 is 1.22 bits per heavy atom. The molecule has 0 bridgehead atoms. The summed E-state index contributed by atoms with van der Waals surface area (Å²) in [6, 6.07) is 13.3. The van der Waals surface area contributed by atoms with Crippen LogP contribution in [0.5, 0.6) is 0 Å². The highest BCUT2D eigenvalue weighted by Gasteiger charge is 2.48. The molecule has 0 aliphatic carbocycles. The number of hydrogen-bond acceptors (Lipinski definition) is 7. The lowest BCUT2D eigenvalue weighted by atomic mass is 9.71. The number of pyridine rings is 1. The Kier molecular flexibility index (Phi) is 5.97. The summed E-state index contributed by atoms with van der Waals surface area (Å²) in [7, 11) is 0. The smallest absolute Gasteiger partial charge is 0.407 e. The van der Waals surface area contributed by atoms with E-state index in [0.29, 0.717) is 11.5 Å². The second kappa shape index (κ2) is 9.13. The standard InChI is InChI=1S/C25H21BrN6O4/c1-2-36-21(33)10-25(12-31(13-25)24(34)35)15-3-6-17(7-4-15)32-22-18-9-16(26)5-8-19(18)28-11-20(22)30-23(32)29-14-27/h3-9,11H,2,10,12-13H2,1H3,(H,29,30)(H,34,35). The van der Waals surface area contributed by atoms with Gasteiger partial charge in [0.05, 0.1) is 30.3 Å². The maximum Gasteiger partial charge on any atom is 0.407 e. The number of likely N-dealkylation sites (tertiary alicyclic amines) is 1. The van der Waals surface area contributed by atoms with Crippen LogP contribution < -0.4 is 5.32 Å². The number of anilines is 1. The number of halogens is 1. The van der Waals surface area contributed by atoms with E-state index in [4.69, 9.17) is 4.74 Å². The first kappa shape index (κ1) is 23.6. The van der Waals surface area contributed by atoms with Crippen LogP contribution in [-0.2, 0) is 14.9 Å². The van der Waals surface area contributed by atoms with E-state index in [-0.39, 0.29) is 32.1 Å². The monoisotopic (exact) mass is 548 g/mol. The molecule has 0 radical (unpaired) electrons. The number of ether oxygens (including phenoxy) is 1. The van der Waals surface area contributed by atoms with Crippen LogP contribution in [0, 0.1) is 11.5 Å². The van der Waals surface area contributed by atoms with Gasteiger partial charge in [-0.2, -0.15) is 5.26 Å². The van der Waals surface area contributed by atoms with Crippen LogP contribution in [-0.4, -0.2) is 56.3 Å². The lowest BCUT2D eigenvalue weighted by molar-refractivity contribution is -0.146. The SMILES string of the molecule is CCOC(=O)CC1(c2ccc(-n3c(NC#N)nc4cnc5ccc(Br)cc5c43)cc2)CN(C(=O)O)C1. The molecule has 182 valence electrons. The normalized spacial score (nSPS) is 14.3. The number of benzene rings is 2. The Balaban J connectivity index is 1.60. The van der Waals surface area contributed by atoms with Crippen molar-refractivity contribution >= 4 is 55.9 Å². The number of carbonyl (C=O) groups is 2. The average Bonchev–Trinajstić information content (AvgIpc) is 3.20. The van der Waals surface area contributed by atoms with Crippen molar-refractivity contribution in [1.29, 1.82) is 5.26 Å². The Morgan fingerprint density at radius 3 is 2.64 bits per heavy atom. The minimum absolute atomic E-state index is 0.0868. The third kappa shape index (κ3) is 3.99. The molecule has 2 N–H and O–H groups in total. The van der Waals surface area contributed by atoms with Gasteiger partial charge in [-0.25, -0.2) is 9.78 Å². The number of imidazole rings is 1. The molecule has 11 heteroatoms. The predicted molar refractivity (Wildman–Crippen MR) is 136 cm³/mol. The number of nitriles is 1. The van der Waals surface area contributed by atoms with Gasteiger partial charge in [0.2, 0.25) is 5.95 Å². The molecule has 5 rings (SSSR count). The van der Waals surface area contributed by atoms with E-state index < -0.39 is 11.5 Å². The first-order chi connectivity index (χ1) is 17.3. The number of nitrogens with one attached hydrogen (secondary N) is 1. The minimum atomic E-state index is -1.02. The fraction of sp³-hybridized carbons (Fsp3) is 0.240. The number of aromatic nitrogens is 3. The summed E-state index contributed by atoms with van der Waals surface area (Å²) in [5.74, 6) is -0.0197. The van der Waals surface area contributed by atoms with Crippen molar-refractivity contribution in [3.05, 3.63) is 58.7 Å². The third-order valence-corrected chi connectivity index (χ3v) is 6.89. The summed E-state index contributed by atoms with van der Waals surface area (Å²) in [4.78, 5) is 34.1. The lowest BCUT2D eigenvalue weighted by Gasteiger charge is -2.48. The molecule has 10 nitrogen and oxygen atoms in total. The fourth-order valence-electron chi connectivity index (χ4n) is 4.78. The molecule has 1 aliphatic heterocycles. The van der Waals surface area contributed by atoms with Gasteiger partial charge in [-0.1, -0.05) is 28.1 Å². The van der Waals surface area contributed by atoms with Gasteiger partial charge in [-0.15, -0.1) is 0 Å². The Hall–Kier alpha value is -4.17. The van der Waals surface area contributed by atoms with Gasteiger partial charge < -0.3 is 14.7 Å². The molecular formula is C25H21BrN6O4. The van der Waals surface area contributed by atoms with E-state index in [9.17, 15) is 20.0 Å². The maximum absolute atomic E-state index is 12.3. The molecule has 0 unspecified atom stereocenters. The number of rotatable bonds is 6. The van der Waals surface area contributed by atoms with Gasteiger partial charge in [0, 0.05) is 34.1 Å². The van der Waals surface area contributed by atoms with Crippen LogP contribution in [0.3, 0.4) is 0 Å². The molecule has 2 aromatic heterocycles. The Morgan fingerprint density at radius 2 is 1.97 bits per heavy atom. The fourth-order valence-corrected chi connectivity index (χ4v) is 5.14. The minimum Gasteiger partial charge on any atom is -0.466 e. The van der Waals surface area contributed by atoms with Crippen LogP contribution in [0.1, 0.15) is 18.9 Å². The number of carbonyl (C=O) groups excluding carboxylic acids is 1. The first-order valence-electron chi connectivity index (χ1n) is 11.2. The lowest BCUT2D eigenvalue weighted by Crippen LogP contribution is -2.61. The van der Waals surface area contributed by atoms with Crippen molar-refractivity contribution in [2.75, 3.05) is 25.0 Å². The van der Waals surface area contributed by atoms with E-state index in [1.165, 1.54) is 4.90 Å². The number of fused-ring (bicyclic) bond motifs is 3. The van der Waals surface area contributed by atoms with E-state index in [1.807, 2.05) is 53.2 Å². The summed E-state index contributed by atoms with van der Waals surface area (Å²) in [6.45, 7) is 2.42. The number of hydrogen-bond donors (Lipinski definition) is 2. The summed E-state index contributed by atoms with van der Waals surface area (Å²) < 4.78 is 7.88. The maximum atomic E-state index is 12.3. The van der Waals surface area contributed by atoms with Crippen molar-refractivity contribution in [3.8, 4) is 11.9 Å². The highest BCUT2D eigenvalue weighted by molar-refractivity contribution is 9.10. The van der Waals surface area contributed by atoms with Crippen molar-refractivity contribution in [1.82, 2.24) is 19.4 Å². The highest BCUT2D eigenvalue weighted by atomic mass is 79.9. The molecule has 1 amide bonds. The molecule has 0 spiro atoms. The first-order valence-corrected chi connectivity index (χ1v) is 12.0. The van der Waals surface area contributed by atoms with E-state index in [2.05, 4.69) is 31.2 Å². The number of amides is 1. The summed E-state index contributed by atoms with van der Waals surface area (Å²) >= 11 is 3.52.